The molecule has 0 fully saturated rings. The van der Waals surface area contributed by atoms with Gasteiger partial charge in [0.05, 0.1) is 6.10 Å². The van der Waals surface area contributed by atoms with Gasteiger partial charge in [0.15, 0.2) is 0 Å². The van der Waals surface area contributed by atoms with Crippen LogP contribution in [0, 0.1) is 5.82 Å². The molecule has 19 heavy (non-hydrogen) atoms. The fourth-order valence-electron chi connectivity index (χ4n) is 1.90. The number of nitrogens with one attached hydrogen (secondary N) is 1. The molecule has 0 aliphatic heterocycles. The Morgan fingerprint density at radius 3 is 2.68 bits per heavy atom. The monoisotopic (exact) mass is 267 g/mol. The molecule has 0 spiro atoms. The third-order valence-electron chi connectivity index (χ3n) is 3.00. The molecule has 1 aromatic rings. The molecule has 1 N–H and O–H groups in total. The lowest BCUT2D eigenvalue weighted by atomic mass is 10.1. The molecule has 108 valence electrons. The van der Waals surface area contributed by atoms with E-state index < -0.39 is 0 Å². The van der Waals surface area contributed by atoms with E-state index in [1.165, 1.54) is 18.9 Å². The molecule has 0 heterocycles. The van der Waals surface area contributed by atoms with Crippen LogP contribution < -0.4 is 5.32 Å². The van der Waals surface area contributed by atoms with Crippen LogP contribution in [0.1, 0.15) is 51.7 Å². The Balaban J connectivity index is 2.57. The Hall–Kier alpha value is -0.930. The average Bonchev–Trinajstić information content (AvgIpc) is 2.37. The van der Waals surface area contributed by atoms with Gasteiger partial charge in [-0.25, -0.2) is 4.39 Å². The van der Waals surface area contributed by atoms with Gasteiger partial charge in [-0.05, 0) is 24.1 Å². The van der Waals surface area contributed by atoms with E-state index in [0.29, 0.717) is 12.6 Å². The van der Waals surface area contributed by atoms with Crippen molar-refractivity contribution in [3.8, 4) is 0 Å². The van der Waals surface area contributed by atoms with Gasteiger partial charge in [-0.1, -0.05) is 45.7 Å². The Kier molecular flexibility index (Phi) is 7.68. The van der Waals surface area contributed by atoms with E-state index >= 15 is 0 Å². The van der Waals surface area contributed by atoms with Crippen molar-refractivity contribution in [2.45, 2.75) is 52.2 Å². The molecule has 0 aliphatic rings. The fourth-order valence-corrected chi connectivity index (χ4v) is 1.90. The normalized spacial score (nSPS) is 12.9. The van der Waals surface area contributed by atoms with Crippen molar-refractivity contribution in [3.05, 3.63) is 35.6 Å². The zero-order valence-corrected chi connectivity index (χ0v) is 12.3. The predicted octanol–water partition coefficient (Wildman–Crippen LogP) is 4.07. The van der Waals surface area contributed by atoms with Crippen LogP contribution in [-0.4, -0.2) is 19.2 Å². The van der Waals surface area contributed by atoms with Crippen molar-refractivity contribution in [3.63, 3.8) is 0 Å². The van der Waals surface area contributed by atoms with Crippen molar-refractivity contribution in [2.75, 3.05) is 13.2 Å². The molecule has 0 saturated carbocycles. The van der Waals surface area contributed by atoms with Gasteiger partial charge in [0.1, 0.15) is 5.82 Å². The van der Waals surface area contributed by atoms with E-state index in [1.807, 2.05) is 6.07 Å². The number of rotatable bonds is 9. The van der Waals surface area contributed by atoms with Gasteiger partial charge >= 0.3 is 0 Å². The Morgan fingerprint density at radius 1 is 1.26 bits per heavy atom. The first kappa shape index (κ1) is 16.1. The minimum atomic E-state index is -0.204. The van der Waals surface area contributed by atoms with Crippen LogP contribution in [0.3, 0.4) is 0 Å². The maximum Gasteiger partial charge on any atom is 0.123 e. The summed E-state index contributed by atoms with van der Waals surface area (Å²) in [7, 11) is 0. The summed E-state index contributed by atoms with van der Waals surface area (Å²) in [6.07, 6.45) is 3.34. The highest BCUT2D eigenvalue weighted by atomic mass is 19.1. The van der Waals surface area contributed by atoms with Crippen molar-refractivity contribution in [1.82, 2.24) is 5.32 Å². The zero-order chi connectivity index (χ0) is 14.1. The summed E-state index contributed by atoms with van der Waals surface area (Å²) in [5, 5.41) is 3.36. The lowest BCUT2D eigenvalue weighted by Crippen LogP contribution is -2.29. The van der Waals surface area contributed by atoms with Crippen molar-refractivity contribution >= 4 is 0 Å². The van der Waals surface area contributed by atoms with Gasteiger partial charge < -0.3 is 10.1 Å². The second kappa shape index (κ2) is 9.05. The number of halogens is 1. The summed E-state index contributed by atoms with van der Waals surface area (Å²) in [4.78, 5) is 0. The lowest BCUT2D eigenvalue weighted by molar-refractivity contribution is 0.0486. The molecule has 1 rings (SSSR count). The molecular formula is C16H26FNO. The minimum Gasteiger partial charge on any atom is -0.372 e. The van der Waals surface area contributed by atoms with Crippen LogP contribution in [0.15, 0.2) is 24.3 Å². The lowest BCUT2D eigenvalue weighted by Gasteiger charge is -2.20. The fraction of sp³-hybridized carbons (Fsp3) is 0.625. The number of benzene rings is 1. The van der Waals surface area contributed by atoms with Crippen LogP contribution in [0.4, 0.5) is 4.39 Å². The van der Waals surface area contributed by atoms with Gasteiger partial charge in [0.2, 0.25) is 0 Å². The SMILES string of the molecule is CCCCCOC(CNC(C)C)c1cccc(F)c1. The van der Waals surface area contributed by atoms with Crippen LogP contribution in [-0.2, 0) is 4.74 Å². The van der Waals surface area contributed by atoms with Gasteiger partial charge in [-0.15, -0.1) is 0 Å². The second-order valence-electron chi connectivity index (χ2n) is 5.18. The van der Waals surface area contributed by atoms with Crippen LogP contribution >= 0.6 is 0 Å². The number of ether oxygens (including phenoxy) is 1. The second-order valence-corrected chi connectivity index (χ2v) is 5.18. The summed E-state index contributed by atoms with van der Waals surface area (Å²) in [6.45, 7) is 7.81. The van der Waals surface area contributed by atoms with E-state index in [2.05, 4.69) is 26.1 Å². The molecule has 1 atom stereocenters. The number of hydrogen-bond donors (Lipinski definition) is 1. The van der Waals surface area contributed by atoms with Crippen molar-refractivity contribution in [2.24, 2.45) is 0 Å². The largest absolute Gasteiger partial charge is 0.372 e. The maximum atomic E-state index is 13.3. The summed E-state index contributed by atoms with van der Waals surface area (Å²) < 4.78 is 19.2. The van der Waals surface area contributed by atoms with E-state index in [-0.39, 0.29) is 11.9 Å². The van der Waals surface area contributed by atoms with E-state index in [9.17, 15) is 4.39 Å². The van der Waals surface area contributed by atoms with Crippen molar-refractivity contribution < 1.29 is 9.13 Å². The van der Waals surface area contributed by atoms with Crippen molar-refractivity contribution in [1.29, 1.82) is 0 Å². The first-order chi connectivity index (χ1) is 9.13. The topological polar surface area (TPSA) is 21.3 Å². The van der Waals surface area contributed by atoms with Gasteiger partial charge in [0, 0.05) is 19.2 Å². The standard InChI is InChI=1S/C16H26FNO/c1-4-5-6-10-19-16(12-18-13(2)3)14-8-7-9-15(17)11-14/h7-9,11,13,16,18H,4-6,10,12H2,1-3H3. The number of hydrogen-bond acceptors (Lipinski definition) is 2. The molecule has 0 bridgehead atoms. The first-order valence-corrected chi connectivity index (χ1v) is 7.24. The molecule has 0 radical (unpaired) electrons. The molecule has 2 nitrogen and oxygen atoms in total. The third-order valence-corrected chi connectivity index (χ3v) is 3.00. The summed E-state index contributed by atoms with van der Waals surface area (Å²) in [5.41, 5.74) is 0.907. The molecular weight excluding hydrogens is 241 g/mol. The van der Waals surface area contributed by atoms with Crippen LogP contribution in [0.25, 0.3) is 0 Å². The van der Waals surface area contributed by atoms with E-state index in [0.717, 1.165) is 18.6 Å². The molecule has 1 aromatic carbocycles. The summed E-state index contributed by atoms with van der Waals surface area (Å²) in [5.74, 6) is -0.204. The predicted molar refractivity (Wildman–Crippen MR) is 77.8 cm³/mol. The molecule has 3 heteroatoms. The maximum absolute atomic E-state index is 13.3. The summed E-state index contributed by atoms with van der Waals surface area (Å²) in [6, 6.07) is 7.09. The van der Waals surface area contributed by atoms with Crippen LogP contribution in [0.2, 0.25) is 0 Å². The molecule has 1 unspecified atom stereocenters. The van der Waals surface area contributed by atoms with Gasteiger partial charge in [0.25, 0.3) is 0 Å². The first-order valence-electron chi connectivity index (χ1n) is 7.24. The smallest absolute Gasteiger partial charge is 0.123 e. The van der Waals surface area contributed by atoms with Gasteiger partial charge in [-0.2, -0.15) is 0 Å². The molecule has 0 saturated heterocycles. The highest BCUT2D eigenvalue weighted by Crippen LogP contribution is 2.18. The van der Waals surface area contributed by atoms with Gasteiger partial charge in [-0.3, -0.25) is 0 Å². The Morgan fingerprint density at radius 2 is 2.05 bits per heavy atom. The van der Waals surface area contributed by atoms with E-state index in [1.54, 1.807) is 12.1 Å². The minimum absolute atomic E-state index is 0.0741. The quantitative estimate of drug-likeness (QED) is 0.681. The number of unbranched alkanes of at least 4 members (excludes halogenated alkanes) is 2. The highest BCUT2D eigenvalue weighted by molar-refractivity contribution is 5.19. The van der Waals surface area contributed by atoms with Crippen LogP contribution in [0.5, 0.6) is 0 Å². The Bertz CT molecular complexity index is 354. The highest BCUT2D eigenvalue weighted by Gasteiger charge is 2.13. The molecule has 0 aromatic heterocycles. The van der Waals surface area contributed by atoms with E-state index in [4.69, 9.17) is 4.74 Å². The molecule has 0 aliphatic carbocycles. The zero-order valence-electron chi connectivity index (χ0n) is 12.3. The third kappa shape index (κ3) is 6.69. The average molecular weight is 267 g/mol. The molecule has 0 amide bonds. The summed E-state index contributed by atoms with van der Waals surface area (Å²) >= 11 is 0. The Labute approximate surface area is 116 Å².